The summed E-state index contributed by atoms with van der Waals surface area (Å²) in [6.45, 7) is 7.39. The summed E-state index contributed by atoms with van der Waals surface area (Å²) in [5.74, 6) is -0.698. The highest BCUT2D eigenvalue weighted by molar-refractivity contribution is 6.47. The maximum absolute atomic E-state index is 13.6. The zero-order valence-corrected chi connectivity index (χ0v) is 18.5. The van der Waals surface area contributed by atoms with Crippen LogP contribution in [0.25, 0.3) is 5.57 Å². The second-order valence-electron chi connectivity index (χ2n) is 7.97. The van der Waals surface area contributed by atoms with Gasteiger partial charge in [0.2, 0.25) is 0 Å². The molecule has 1 saturated heterocycles. The van der Waals surface area contributed by atoms with Crippen LogP contribution in [0.3, 0.4) is 0 Å². The van der Waals surface area contributed by atoms with Crippen molar-refractivity contribution in [1.82, 2.24) is 9.80 Å². The predicted molar refractivity (Wildman–Crippen MR) is 122 cm³/mol. The number of carbonyl (C=O) groups is 2. The minimum absolute atomic E-state index is 0.105. The number of nitrogens with zero attached hydrogens (tertiary/aromatic N) is 3. The number of hydrogen-bond acceptors (Lipinski definition) is 5. The van der Waals surface area contributed by atoms with E-state index in [9.17, 15) is 14.7 Å². The molecule has 2 aliphatic rings. The first kappa shape index (κ1) is 21.6. The van der Waals surface area contributed by atoms with Crippen LogP contribution in [0.1, 0.15) is 16.7 Å². The van der Waals surface area contributed by atoms with E-state index in [1.54, 1.807) is 24.3 Å². The van der Waals surface area contributed by atoms with Crippen LogP contribution in [0, 0.1) is 13.8 Å². The Labute approximate surface area is 187 Å². The zero-order valence-electron chi connectivity index (χ0n) is 17.8. The van der Waals surface area contributed by atoms with Crippen molar-refractivity contribution in [2.24, 2.45) is 0 Å². The van der Waals surface area contributed by atoms with Gasteiger partial charge in [0.05, 0.1) is 22.9 Å². The van der Waals surface area contributed by atoms with Gasteiger partial charge in [-0.05, 0) is 42.7 Å². The van der Waals surface area contributed by atoms with E-state index >= 15 is 0 Å². The lowest BCUT2D eigenvalue weighted by molar-refractivity contribution is -0.120. The fraction of sp³-hybridized carbons (Fsp3) is 0.333. The van der Waals surface area contributed by atoms with E-state index in [0.29, 0.717) is 41.6 Å². The van der Waals surface area contributed by atoms with Gasteiger partial charge in [-0.3, -0.25) is 14.5 Å². The molecule has 162 valence electrons. The van der Waals surface area contributed by atoms with E-state index in [1.807, 2.05) is 36.9 Å². The smallest absolute Gasteiger partial charge is 0.282 e. The van der Waals surface area contributed by atoms with Crippen LogP contribution in [-0.2, 0) is 9.59 Å². The molecule has 1 N–H and O–H groups in total. The van der Waals surface area contributed by atoms with Gasteiger partial charge >= 0.3 is 0 Å². The molecule has 2 aromatic rings. The van der Waals surface area contributed by atoms with Gasteiger partial charge in [0.25, 0.3) is 11.8 Å². The molecule has 6 nitrogen and oxygen atoms in total. The summed E-state index contributed by atoms with van der Waals surface area (Å²) in [5.41, 5.74) is 4.18. The van der Waals surface area contributed by atoms with Crippen molar-refractivity contribution in [3.63, 3.8) is 0 Å². The molecular formula is C24H26ClN3O3. The molecule has 0 spiro atoms. The lowest BCUT2D eigenvalue weighted by atomic mass is 9.99. The minimum atomic E-state index is -0.353. The van der Waals surface area contributed by atoms with E-state index in [-0.39, 0.29) is 18.4 Å². The van der Waals surface area contributed by atoms with Crippen LogP contribution in [-0.4, -0.2) is 66.1 Å². The summed E-state index contributed by atoms with van der Waals surface area (Å²) in [4.78, 5) is 32.6. The number of aliphatic hydroxyl groups excluding tert-OH is 1. The SMILES string of the molecule is Cc1ccc(C2=C(N3CCN(CCO)CC3)C(=O)N(c3ccccc3Cl)C2=O)cc1C. The van der Waals surface area contributed by atoms with E-state index < -0.39 is 0 Å². The average molecular weight is 440 g/mol. The molecule has 0 radical (unpaired) electrons. The van der Waals surface area contributed by atoms with Crippen molar-refractivity contribution in [1.29, 1.82) is 0 Å². The zero-order chi connectivity index (χ0) is 22.1. The number of carbonyl (C=O) groups excluding carboxylic acids is 2. The third-order valence-corrected chi connectivity index (χ3v) is 6.37. The number of piperazine rings is 1. The number of rotatable bonds is 5. The van der Waals surface area contributed by atoms with E-state index in [2.05, 4.69) is 4.90 Å². The van der Waals surface area contributed by atoms with Crippen molar-refractivity contribution >= 4 is 34.7 Å². The number of para-hydroxylation sites is 1. The highest BCUT2D eigenvalue weighted by Gasteiger charge is 2.43. The number of benzene rings is 2. The summed E-state index contributed by atoms with van der Waals surface area (Å²) in [6, 6.07) is 12.8. The van der Waals surface area contributed by atoms with E-state index in [4.69, 9.17) is 11.6 Å². The Morgan fingerprint density at radius 1 is 0.935 bits per heavy atom. The first-order valence-corrected chi connectivity index (χ1v) is 10.8. The Morgan fingerprint density at radius 2 is 1.65 bits per heavy atom. The van der Waals surface area contributed by atoms with Gasteiger partial charge in [0.1, 0.15) is 5.70 Å². The number of anilines is 1. The van der Waals surface area contributed by atoms with Crippen molar-refractivity contribution in [2.45, 2.75) is 13.8 Å². The van der Waals surface area contributed by atoms with Gasteiger partial charge < -0.3 is 10.0 Å². The Hall–Kier alpha value is -2.67. The number of hydrogen-bond donors (Lipinski definition) is 1. The number of aliphatic hydroxyl groups is 1. The summed E-state index contributed by atoms with van der Waals surface area (Å²) in [6.07, 6.45) is 0. The third kappa shape index (κ3) is 3.99. The Balaban J connectivity index is 1.78. The van der Waals surface area contributed by atoms with Gasteiger partial charge in [-0.25, -0.2) is 4.90 Å². The number of aryl methyl sites for hydroxylation is 2. The average Bonchev–Trinajstić information content (AvgIpc) is 3.01. The van der Waals surface area contributed by atoms with Crippen LogP contribution in [0.5, 0.6) is 0 Å². The summed E-state index contributed by atoms with van der Waals surface area (Å²) >= 11 is 6.35. The van der Waals surface area contributed by atoms with Gasteiger partial charge in [0.15, 0.2) is 0 Å². The molecule has 0 saturated carbocycles. The molecule has 0 aromatic heterocycles. The lowest BCUT2D eigenvalue weighted by Crippen LogP contribution is -2.48. The largest absolute Gasteiger partial charge is 0.395 e. The fourth-order valence-corrected chi connectivity index (χ4v) is 4.38. The standard InChI is InChI=1S/C24H26ClN3O3/c1-16-7-8-18(15-17(16)2)21-22(27-11-9-26(10-12-27)13-14-29)24(31)28(23(21)30)20-6-4-3-5-19(20)25/h3-8,15,29H,9-14H2,1-2H3. The highest BCUT2D eigenvalue weighted by atomic mass is 35.5. The van der Waals surface area contributed by atoms with Crippen molar-refractivity contribution in [3.05, 3.63) is 69.9 Å². The maximum atomic E-state index is 13.6. The predicted octanol–water partition coefficient (Wildman–Crippen LogP) is 2.85. The number of imide groups is 1. The van der Waals surface area contributed by atoms with Gasteiger partial charge in [-0.1, -0.05) is 41.9 Å². The quantitative estimate of drug-likeness (QED) is 0.726. The molecule has 7 heteroatoms. The molecule has 2 aromatic carbocycles. The second-order valence-corrected chi connectivity index (χ2v) is 8.38. The Kier molecular flexibility index (Phi) is 6.14. The van der Waals surface area contributed by atoms with Crippen LogP contribution in [0.2, 0.25) is 5.02 Å². The van der Waals surface area contributed by atoms with Gasteiger partial charge in [0, 0.05) is 32.7 Å². The van der Waals surface area contributed by atoms with E-state index in [1.165, 1.54) is 4.90 Å². The second kappa shape index (κ2) is 8.83. The van der Waals surface area contributed by atoms with Crippen LogP contribution < -0.4 is 4.90 Å². The molecule has 31 heavy (non-hydrogen) atoms. The molecule has 2 aliphatic heterocycles. The van der Waals surface area contributed by atoms with Crippen molar-refractivity contribution < 1.29 is 14.7 Å². The third-order valence-electron chi connectivity index (χ3n) is 6.05. The summed E-state index contributed by atoms with van der Waals surface area (Å²) in [5, 5.41) is 9.57. The minimum Gasteiger partial charge on any atom is -0.395 e. The summed E-state index contributed by atoms with van der Waals surface area (Å²) < 4.78 is 0. The molecular weight excluding hydrogens is 414 g/mol. The number of β-amino-alcohol motifs (C(OH)–C–C–N with tert-alkyl or cyclic N) is 1. The molecule has 4 rings (SSSR count). The van der Waals surface area contributed by atoms with Crippen molar-refractivity contribution in [3.8, 4) is 0 Å². The molecule has 0 unspecified atom stereocenters. The molecule has 0 aliphatic carbocycles. The monoisotopic (exact) mass is 439 g/mol. The Morgan fingerprint density at radius 3 is 2.29 bits per heavy atom. The fourth-order valence-electron chi connectivity index (χ4n) is 4.16. The number of halogens is 1. The molecule has 1 fully saturated rings. The maximum Gasteiger partial charge on any atom is 0.282 e. The van der Waals surface area contributed by atoms with E-state index in [0.717, 1.165) is 29.8 Å². The Bertz CT molecular complexity index is 1060. The topological polar surface area (TPSA) is 64.1 Å². The van der Waals surface area contributed by atoms with Crippen molar-refractivity contribution in [2.75, 3.05) is 44.2 Å². The highest BCUT2D eigenvalue weighted by Crippen LogP contribution is 2.38. The van der Waals surface area contributed by atoms with Gasteiger partial charge in [-0.15, -0.1) is 0 Å². The molecule has 2 heterocycles. The summed E-state index contributed by atoms with van der Waals surface area (Å²) in [7, 11) is 0. The lowest BCUT2D eigenvalue weighted by Gasteiger charge is -2.36. The molecule has 0 atom stereocenters. The van der Waals surface area contributed by atoms with Crippen LogP contribution >= 0.6 is 11.6 Å². The van der Waals surface area contributed by atoms with Crippen LogP contribution in [0.4, 0.5) is 5.69 Å². The normalized spacial score (nSPS) is 17.8. The first-order valence-electron chi connectivity index (χ1n) is 10.5. The molecule has 2 amide bonds. The molecule has 0 bridgehead atoms. The number of amides is 2. The first-order chi connectivity index (χ1) is 14.9. The van der Waals surface area contributed by atoms with Gasteiger partial charge in [-0.2, -0.15) is 0 Å². The van der Waals surface area contributed by atoms with Crippen LogP contribution in [0.15, 0.2) is 48.2 Å².